The fourth-order valence-electron chi connectivity index (χ4n) is 2.01. The molecule has 0 radical (unpaired) electrons. The van der Waals surface area contributed by atoms with Gasteiger partial charge in [0, 0.05) is 18.4 Å². The maximum absolute atomic E-state index is 10.6. The Labute approximate surface area is 110 Å². The summed E-state index contributed by atoms with van der Waals surface area (Å²) in [5, 5.41) is 18.7. The largest absolute Gasteiger partial charge is 0.507 e. The second kappa shape index (κ2) is 4.72. The molecule has 2 N–H and O–H groups in total. The number of thioether (sulfide) groups is 1. The van der Waals surface area contributed by atoms with Crippen molar-refractivity contribution in [2.75, 3.05) is 0 Å². The summed E-state index contributed by atoms with van der Waals surface area (Å²) in [7, 11) is 0. The Hall–Kier alpha value is -1.36. The van der Waals surface area contributed by atoms with Gasteiger partial charge in [-0.2, -0.15) is 0 Å². The third kappa shape index (κ3) is 2.14. The number of benzene rings is 1. The van der Waals surface area contributed by atoms with Crippen molar-refractivity contribution < 1.29 is 19.7 Å². The third-order valence-corrected chi connectivity index (χ3v) is 4.57. The van der Waals surface area contributed by atoms with Gasteiger partial charge in [-0.15, -0.1) is 0 Å². The van der Waals surface area contributed by atoms with E-state index >= 15 is 0 Å². The Morgan fingerprint density at radius 1 is 1.28 bits per heavy atom. The van der Waals surface area contributed by atoms with Gasteiger partial charge >= 0.3 is 5.97 Å². The number of fused-ring (bicyclic) bond motifs is 1. The van der Waals surface area contributed by atoms with Gasteiger partial charge in [-0.05, 0) is 31.9 Å². The maximum atomic E-state index is 10.6. The SMILES string of the molecule is Cc1c(C)c2c(c(C)c1O)SC(CCC(=O)O)O2. The van der Waals surface area contributed by atoms with Gasteiger partial charge in [0.2, 0.25) is 0 Å². The van der Waals surface area contributed by atoms with Crippen molar-refractivity contribution in [1.29, 1.82) is 0 Å². The number of rotatable bonds is 3. The van der Waals surface area contributed by atoms with Gasteiger partial charge in [-0.25, -0.2) is 0 Å². The Morgan fingerprint density at radius 3 is 2.56 bits per heavy atom. The zero-order valence-corrected chi connectivity index (χ0v) is 11.4. The molecule has 0 amide bonds. The summed E-state index contributed by atoms with van der Waals surface area (Å²) in [6, 6.07) is 0. The summed E-state index contributed by atoms with van der Waals surface area (Å²) in [4.78, 5) is 11.5. The minimum atomic E-state index is -0.817. The van der Waals surface area contributed by atoms with Crippen molar-refractivity contribution >= 4 is 17.7 Å². The van der Waals surface area contributed by atoms with Gasteiger partial charge in [-0.3, -0.25) is 4.79 Å². The normalized spacial score (nSPS) is 17.4. The molecule has 0 saturated carbocycles. The van der Waals surface area contributed by atoms with Crippen LogP contribution in [0.1, 0.15) is 29.5 Å². The molecule has 5 heteroatoms. The molecule has 1 aromatic rings. The zero-order chi connectivity index (χ0) is 13.4. The molecule has 18 heavy (non-hydrogen) atoms. The van der Waals surface area contributed by atoms with Crippen LogP contribution in [0.4, 0.5) is 0 Å². The van der Waals surface area contributed by atoms with Crippen molar-refractivity contribution in [2.45, 2.75) is 43.9 Å². The van der Waals surface area contributed by atoms with E-state index < -0.39 is 5.97 Å². The van der Waals surface area contributed by atoms with Crippen LogP contribution < -0.4 is 4.74 Å². The number of hydrogen-bond donors (Lipinski definition) is 2. The second-order valence-electron chi connectivity index (χ2n) is 4.48. The van der Waals surface area contributed by atoms with Crippen LogP contribution in [0.2, 0.25) is 0 Å². The molecule has 4 nitrogen and oxygen atoms in total. The van der Waals surface area contributed by atoms with Crippen molar-refractivity contribution in [3.8, 4) is 11.5 Å². The van der Waals surface area contributed by atoms with E-state index in [1.54, 1.807) is 0 Å². The lowest BCUT2D eigenvalue weighted by Crippen LogP contribution is -2.09. The molecular weight excluding hydrogens is 252 g/mol. The molecule has 2 rings (SSSR count). The van der Waals surface area contributed by atoms with Crippen molar-refractivity contribution in [3.05, 3.63) is 16.7 Å². The molecule has 1 atom stereocenters. The van der Waals surface area contributed by atoms with Crippen molar-refractivity contribution in [1.82, 2.24) is 0 Å². The van der Waals surface area contributed by atoms with E-state index in [1.807, 2.05) is 20.8 Å². The molecule has 0 fully saturated rings. The molecule has 0 spiro atoms. The zero-order valence-electron chi connectivity index (χ0n) is 10.6. The molecule has 0 bridgehead atoms. The number of carboxylic acids is 1. The molecular formula is C13H16O4S. The molecule has 1 aromatic carbocycles. The highest BCUT2D eigenvalue weighted by molar-refractivity contribution is 8.00. The predicted molar refractivity (Wildman–Crippen MR) is 69.5 cm³/mol. The van der Waals surface area contributed by atoms with E-state index in [9.17, 15) is 9.90 Å². The van der Waals surface area contributed by atoms with E-state index in [0.717, 1.165) is 27.3 Å². The van der Waals surface area contributed by atoms with Crippen LogP contribution in [-0.4, -0.2) is 21.6 Å². The number of carbonyl (C=O) groups is 1. The fraction of sp³-hybridized carbons (Fsp3) is 0.462. The first kappa shape index (κ1) is 13.1. The van der Waals surface area contributed by atoms with Crippen LogP contribution in [0.5, 0.6) is 11.5 Å². The summed E-state index contributed by atoms with van der Waals surface area (Å²) in [5.41, 5.74) is 2.40. The molecule has 0 saturated heterocycles. The summed E-state index contributed by atoms with van der Waals surface area (Å²) < 4.78 is 5.79. The van der Waals surface area contributed by atoms with Gasteiger partial charge in [-0.1, -0.05) is 11.8 Å². The first-order valence-electron chi connectivity index (χ1n) is 5.79. The highest BCUT2D eigenvalue weighted by Gasteiger charge is 2.30. The summed E-state index contributed by atoms with van der Waals surface area (Å²) in [6.45, 7) is 5.63. The first-order chi connectivity index (χ1) is 8.41. The third-order valence-electron chi connectivity index (χ3n) is 3.25. The summed E-state index contributed by atoms with van der Waals surface area (Å²) in [5.74, 6) is 0.284. The van der Waals surface area contributed by atoms with Crippen LogP contribution in [-0.2, 0) is 4.79 Å². The Morgan fingerprint density at radius 2 is 1.94 bits per heavy atom. The molecule has 0 aromatic heterocycles. The Bertz CT molecular complexity index is 473. The topological polar surface area (TPSA) is 66.8 Å². The lowest BCUT2D eigenvalue weighted by molar-refractivity contribution is -0.137. The van der Waals surface area contributed by atoms with Crippen molar-refractivity contribution in [3.63, 3.8) is 0 Å². The average Bonchev–Trinajstić information content (AvgIpc) is 2.75. The van der Waals surface area contributed by atoms with Crippen molar-refractivity contribution in [2.24, 2.45) is 0 Å². The standard InChI is InChI=1S/C13H16O4S/c1-6-7(2)12-13(8(3)11(6)16)18-10(17-12)5-4-9(14)15/h10,16H,4-5H2,1-3H3,(H,14,15). The second-order valence-corrected chi connectivity index (χ2v) is 5.65. The van der Waals surface area contributed by atoms with Gasteiger partial charge in [0.05, 0.1) is 4.90 Å². The van der Waals surface area contributed by atoms with Crippen LogP contribution in [0.3, 0.4) is 0 Å². The van der Waals surface area contributed by atoms with Gasteiger partial charge in [0.1, 0.15) is 16.9 Å². The maximum Gasteiger partial charge on any atom is 0.303 e. The van der Waals surface area contributed by atoms with Crippen LogP contribution in [0, 0.1) is 20.8 Å². The van der Waals surface area contributed by atoms with Gasteiger partial charge in [0.15, 0.2) is 0 Å². The molecule has 0 aliphatic carbocycles. The number of phenols is 1. The molecule has 1 unspecified atom stereocenters. The number of aromatic hydroxyl groups is 1. The highest BCUT2D eigenvalue weighted by atomic mass is 32.2. The minimum absolute atomic E-state index is 0.0920. The number of aliphatic carboxylic acids is 1. The van der Waals surface area contributed by atoms with E-state index in [2.05, 4.69) is 0 Å². The fourth-order valence-corrected chi connectivity index (χ4v) is 3.23. The number of phenolic OH excluding ortho intramolecular Hbond substituents is 1. The Kier molecular flexibility index (Phi) is 3.43. The van der Waals surface area contributed by atoms with E-state index in [-0.39, 0.29) is 11.9 Å². The first-order valence-corrected chi connectivity index (χ1v) is 6.67. The van der Waals surface area contributed by atoms with E-state index in [0.29, 0.717) is 12.2 Å². The monoisotopic (exact) mass is 268 g/mol. The van der Waals surface area contributed by atoms with Crippen LogP contribution >= 0.6 is 11.8 Å². The Balaban J connectivity index is 2.27. The molecule has 1 aliphatic heterocycles. The number of hydrogen-bond acceptors (Lipinski definition) is 4. The van der Waals surface area contributed by atoms with E-state index in [1.165, 1.54) is 11.8 Å². The van der Waals surface area contributed by atoms with Gasteiger partial charge < -0.3 is 14.9 Å². The highest BCUT2D eigenvalue weighted by Crippen LogP contribution is 2.50. The van der Waals surface area contributed by atoms with E-state index in [4.69, 9.17) is 9.84 Å². The molecule has 1 aliphatic rings. The lowest BCUT2D eigenvalue weighted by Gasteiger charge is -2.12. The quantitative estimate of drug-likeness (QED) is 0.882. The van der Waals surface area contributed by atoms with Crippen LogP contribution in [0.25, 0.3) is 0 Å². The predicted octanol–water partition coefficient (Wildman–Crippen LogP) is 2.99. The molecule has 98 valence electrons. The smallest absolute Gasteiger partial charge is 0.303 e. The molecule has 1 heterocycles. The van der Waals surface area contributed by atoms with Crippen LogP contribution in [0.15, 0.2) is 4.90 Å². The summed E-state index contributed by atoms with van der Waals surface area (Å²) in [6.07, 6.45) is 0.558. The average molecular weight is 268 g/mol. The summed E-state index contributed by atoms with van der Waals surface area (Å²) >= 11 is 1.50. The lowest BCUT2D eigenvalue weighted by atomic mass is 10.0. The number of carboxylic acid groups (broad SMARTS) is 1. The number of ether oxygens (including phenoxy) is 1. The van der Waals surface area contributed by atoms with Gasteiger partial charge in [0.25, 0.3) is 0 Å². The minimum Gasteiger partial charge on any atom is -0.507 e.